The summed E-state index contributed by atoms with van der Waals surface area (Å²) in [6, 6.07) is 7.16. The summed E-state index contributed by atoms with van der Waals surface area (Å²) in [6.45, 7) is 3.03. The van der Waals surface area contributed by atoms with Gasteiger partial charge in [0.25, 0.3) is 0 Å². The Morgan fingerprint density at radius 1 is 1.48 bits per heavy atom. The Hall–Kier alpha value is -1.17. The Balaban J connectivity index is 1.75. The molecular weight excluding hydrogens is 308 g/mol. The first-order chi connectivity index (χ1) is 11.0. The lowest BCUT2D eigenvalue weighted by Gasteiger charge is -2.18. The molecule has 2 heterocycles. The van der Waals surface area contributed by atoms with Crippen LogP contribution < -0.4 is 0 Å². The molecule has 1 saturated heterocycles. The summed E-state index contributed by atoms with van der Waals surface area (Å²) >= 11 is -1.73. The van der Waals surface area contributed by atoms with Gasteiger partial charge in [0.1, 0.15) is 0 Å². The van der Waals surface area contributed by atoms with Crippen LogP contribution in [0.1, 0.15) is 37.3 Å². The number of nitrogens with one attached hydrogen (secondary N) is 1. The van der Waals surface area contributed by atoms with Crippen LogP contribution in [0.2, 0.25) is 0 Å². The Morgan fingerprint density at radius 3 is 3.00 bits per heavy atom. The minimum absolute atomic E-state index is 0.177. The van der Waals surface area contributed by atoms with E-state index in [1.807, 2.05) is 6.92 Å². The highest BCUT2D eigenvalue weighted by Crippen LogP contribution is 2.26. The van der Waals surface area contributed by atoms with Crippen molar-refractivity contribution in [2.24, 2.45) is 0 Å². The number of H-pyrrole nitrogens is 1. The molecule has 2 aromatic rings. The van der Waals surface area contributed by atoms with Gasteiger partial charge in [-0.1, -0.05) is 6.07 Å². The molecule has 1 unspecified atom stereocenters. The van der Waals surface area contributed by atoms with Gasteiger partial charge in [0, 0.05) is 23.1 Å². The van der Waals surface area contributed by atoms with Crippen molar-refractivity contribution in [2.45, 2.75) is 50.3 Å². The van der Waals surface area contributed by atoms with Crippen LogP contribution in [0.25, 0.3) is 10.9 Å². The summed E-state index contributed by atoms with van der Waals surface area (Å²) < 4.78 is 20.2. The maximum atomic E-state index is 11.1. The minimum Gasteiger partial charge on any atom is -0.361 e. The number of aromatic amines is 1. The van der Waals surface area contributed by atoms with E-state index in [0.717, 1.165) is 19.3 Å². The number of likely N-dealkylation sites (N-methyl/N-ethyl adjacent to an activating group) is 1. The van der Waals surface area contributed by atoms with Crippen molar-refractivity contribution in [3.05, 3.63) is 35.5 Å². The summed E-state index contributed by atoms with van der Waals surface area (Å²) in [5, 5.41) is 1.13. The Morgan fingerprint density at radius 2 is 2.30 bits per heavy atom. The summed E-state index contributed by atoms with van der Waals surface area (Å²) in [5.41, 5.74) is 3.82. The zero-order valence-electron chi connectivity index (χ0n) is 13.9. The standard InChI is InChI=1S/C18H26N2O2S/c1-13(23(21)22)5-6-14-7-8-18-17(10-14)15(12-19-18)11-16-4-3-9-20(16)2/h7-8,10,12-13,16,19H,3-6,9,11H2,1-2H3,(H,21,22)/t13-,16-/m1/s1. The van der Waals surface area contributed by atoms with Gasteiger partial charge in [0.2, 0.25) is 0 Å². The van der Waals surface area contributed by atoms with Crippen LogP contribution in [0.4, 0.5) is 0 Å². The number of fused-ring (bicyclic) bond motifs is 1. The average molecular weight is 334 g/mol. The maximum absolute atomic E-state index is 11.1. The van der Waals surface area contributed by atoms with E-state index >= 15 is 0 Å². The van der Waals surface area contributed by atoms with E-state index in [9.17, 15) is 4.21 Å². The van der Waals surface area contributed by atoms with E-state index in [1.165, 1.54) is 41.4 Å². The van der Waals surface area contributed by atoms with Gasteiger partial charge in [-0.15, -0.1) is 0 Å². The number of hydrogen-bond acceptors (Lipinski definition) is 2. The van der Waals surface area contributed by atoms with E-state index in [-0.39, 0.29) is 5.25 Å². The third-order valence-corrected chi connectivity index (χ3v) is 6.07. The molecule has 2 N–H and O–H groups in total. The summed E-state index contributed by atoms with van der Waals surface area (Å²) in [6.07, 6.45) is 7.40. The highest BCUT2D eigenvalue weighted by atomic mass is 32.2. The normalized spacial score (nSPS) is 21.8. The average Bonchev–Trinajstić information content (AvgIpc) is 3.12. The molecule has 5 heteroatoms. The number of aryl methyl sites for hydroxylation is 1. The first kappa shape index (κ1) is 16.7. The molecule has 1 aliphatic rings. The molecule has 1 fully saturated rings. The third-order valence-electron chi connectivity index (χ3n) is 5.14. The fourth-order valence-electron chi connectivity index (χ4n) is 3.51. The van der Waals surface area contributed by atoms with Crippen molar-refractivity contribution >= 4 is 22.0 Å². The van der Waals surface area contributed by atoms with Crippen LogP contribution in [-0.4, -0.2) is 43.5 Å². The van der Waals surface area contributed by atoms with Gasteiger partial charge < -0.3 is 14.4 Å². The number of rotatable bonds is 6. The van der Waals surface area contributed by atoms with E-state index < -0.39 is 11.1 Å². The predicted octanol–water partition coefficient (Wildman–Crippen LogP) is 3.35. The van der Waals surface area contributed by atoms with Crippen molar-refractivity contribution < 1.29 is 8.76 Å². The first-order valence-electron chi connectivity index (χ1n) is 8.43. The molecule has 23 heavy (non-hydrogen) atoms. The lowest BCUT2D eigenvalue weighted by molar-refractivity contribution is 0.310. The molecule has 1 aromatic carbocycles. The van der Waals surface area contributed by atoms with Crippen molar-refractivity contribution in [3.8, 4) is 0 Å². The quantitative estimate of drug-likeness (QED) is 0.797. The molecule has 0 spiro atoms. The highest BCUT2D eigenvalue weighted by molar-refractivity contribution is 7.79. The SMILES string of the molecule is C[C@H](CCc1ccc2[nH]cc(C[C@H]3CCCN3C)c2c1)S(=O)O. The molecule has 126 valence electrons. The fraction of sp³-hybridized carbons (Fsp3) is 0.556. The monoisotopic (exact) mass is 334 g/mol. The Kier molecular flexibility index (Phi) is 5.19. The van der Waals surface area contributed by atoms with Crippen molar-refractivity contribution in [1.29, 1.82) is 0 Å². The molecule has 1 aromatic heterocycles. The highest BCUT2D eigenvalue weighted by Gasteiger charge is 2.22. The zero-order valence-corrected chi connectivity index (χ0v) is 14.7. The first-order valence-corrected chi connectivity index (χ1v) is 9.60. The second-order valence-electron chi connectivity index (χ2n) is 6.80. The smallest absolute Gasteiger partial charge is 0.155 e. The largest absolute Gasteiger partial charge is 0.361 e. The van der Waals surface area contributed by atoms with E-state index in [2.05, 4.69) is 41.3 Å². The minimum atomic E-state index is -1.73. The molecule has 0 bridgehead atoms. The summed E-state index contributed by atoms with van der Waals surface area (Å²) in [7, 11) is 2.22. The molecule has 0 aliphatic carbocycles. The predicted molar refractivity (Wildman–Crippen MR) is 96.2 cm³/mol. The van der Waals surface area contributed by atoms with Crippen LogP contribution >= 0.6 is 0 Å². The van der Waals surface area contributed by atoms with E-state index in [4.69, 9.17) is 4.55 Å². The van der Waals surface area contributed by atoms with Crippen LogP contribution in [0.15, 0.2) is 24.4 Å². The molecule has 3 rings (SSSR count). The van der Waals surface area contributed by atoms with Crippen LogP contribution in [-0.2, 0) is 23.9 Å². The third kappa shape index (κ3) is 3.84. The van der Waals surface area contributed by atoms with Gasteiger partial charge in [0.05, 0.1) is 5.25 Å². The van der Waals surface area contributed by atoms with Gasteiger partial charge >= 0.3 is 0 Å². The Bertz CT molecular complexity index is 697. The maximum Gasteiger partial charge on any atom is 0.155 e. The van der Waals surface area contributed by atoms with Crippen molar-refractivity contribution in [2.75, 3.05) is 13.6 Å². The van der Waals surface area contributed by atoms with Crippen LogP contribution in [0.3, 0.4) is 0 Å². The van der Waals surface area contributed by atoms with Crippen LogP contribution in [0.5, 0.6) is 0 Å². The van der Waals surface area contributed by atoms with Gasteiger partial charge in [-0.3, -0.25) is 0 Å². The number of hydrogen-bond donors (Lipinski definition) is 2. The summed E-state index contributed by atoms with van der Waals surface area (Å²) in [5.74, 6) is 0. The second kappa shape index (κ2) is 7.16. The number of benzene rings is 1. The molecule has 0 amide bonds. The number of aromatic nitrogens is 1. The van der Waals surface area contributed by atoms with Gasteiger partial charge in [-0.2, -0.15) is 0 Å². The summed E-state index contributed by atoms with van der Waals surface area (Å²) in [4.78, 5) is 5.84. The molecule has 3 atom stereocenters. The van der Waals surface area contributed by atoms with Crippen LogP contribution in [0, 0.1) is 0 Å². The lowest BCUT2D eigenvalue weighted by atomic mass is 10.0. The molecule has 4 nitrogen and oxygen atoms in total. The zero-order chi connectivity index (χ0) is 16.4. The molecule has 1 aliphatic heterocycles. The second-order valence-corrected chi connectivity index (χ2v) is 8.16. The lowest BCUT2D eigenvalue weighted by Crippen LogP contribution is -2.26. The van der Waals surface area contributed by atoms with Crippen molar-refractivity contribution in [1.82, 2.24) is 9.88 Å². The van der Waals surface area contributed by atoms with Crippen molar-refractivity contribution in [3.63, 3.8) is 0 Å². The molecule has 0 radical (unpaired) electrons. The van der Waals surface area contributed by atoms with Gasteiger partial charge in [0.15, 0.2) is 11.1 Å². The van der Waals surface area contributed by atoms with E-state index in [0.29, 0.717) is 6.04 Å². The number of likely N-dealkylation sites (tertiary alicyclic amines) is 1. The van der Waals surface area contributed by atoms with E-state index in [1.54, 1.807) is 0 Å². The molecular formula is C18H26N2O2S. The fourth-order valence-corrected chi connectivity index (χ4v) is 3.83. The molecule has 0 saturated carbocycles. The van der Waals surface area contributed by atoms with Gasteiger partial charge in [-0.05, 0) is 75.9 Å². The topological polar surface area (TPSA) is 56.3 Å². The number of nitrogens with zero attached hydrogens (tertiary/aromatic N) is 1. The van der Waals surface area contributed by atoms with Gasteiger partial charge in [-0.25, -0.2) is 4.21 Å². The Labute approximate surface area is 140 Å².